The number of hydrogen-bond donors (Lipinski definition) is 0. The molecule has 2 heterocycles. The summed E-state index contributed by atoms with van der Waals surface area (Å²) in [6, 6.07) is 4.92. The van der Waals surface area contributed by atoms with Gasteiger partial charge in [0.25, 0.3) is 11.8 Å². The molecular formula is C21H24N2O5. The molecule has 0 radical (unpaired) electrons. The molecule has 3 amide bonds. The second kappa shape index (κ2) is 7.04. The van der Waals surface area contributed by atoms with Crippen LogP contribution < -0.4 is 0 Å². The van der Waals surface area contributed by atoms with E-state index < -0.39 is 29.9 Å². The van der Waals surface area contributed by atoms with Crippen LogP contribution in [0.5, 0.6) is 0 Å². The summed E-state index contributed by atoms with van der Waals surface area (Å²) in [5.74, 6) is -1.46. The van der Waals surface area contributed by atoms with Gasteiger partial charge in [-0.05, 0) is 44.2 Å². The molecule has 1 aliphatic carbocycles. The van der Waals surface area contributed by atoms with Gasteiger partial charge < -0.3 is 9.64 Å². The van der Waals surface area contributed by atoms with Gasteiger partial charge in [0.2, 0.25) is 5.91 Å². The zero-order chi connectivity index (χ0) is 20.0. The summed E-state index contributed by atoms with van der Waals surface area (Å²) in [5, 5.41) is 0. The topological polar surface area (TPSA) is 84.0 Å². The van der Waals surface area contributed by atoms with Crippen molar-refractivity contribution in [3.8, 4) is 0 Å². The quantitative estimate of drug-likeness (QED) is 0.588. The van der Waals surface area contributed by atoms with Gasteiger partial charge in [0.1, 0.15) is 12.1 Å². The van der Waals surface area contributed by atoms with Crippen LogP contribution in [0.1, 0.15) is 59.7 Å². The molecule has 0 spiro atoms. The van der Waals surface area contributed by atoms with Crippen molar-refractivity contribution in [3.05, 3.63) is 35.4 Å². The number of fused-ring (bicyclic) bond motifs is 2. The lowest BCUT2D eigenvalue weighted by molar-refractivity contribution is -0.153. The number of methoxy groups -OCH3 is 1. The summed E-state index contributed by atoms with van der Waals surface area (Å²) in [4.78, 5) is 53.9. The smallest absolute Gasteiger partial charge is 0.328 e. The van der Waals surface area contributed by atoms with Gasteiger partial charge in [-0.25, -0.2) is 4.79 Å². The van der Waals surface area contributed by atoms with Crippen LogP contribution in [0.3, 0.4) is 0 Å². The number of ether oxygens (including phenoxy) is 1. The lowest BCUT2D eigenvalue weighted by Gasteiger charge is -2.36. The fourth-order valence-corrected chi connectivity index (χ4v) is 5.01. The standard InChI is InChI=1S/C21H24N2O5/c1-12(22-19(25)14-8-4-5-9-15(14)20(22)26)18(24)23-16-10-6-3-7-13(16)11-17(23)21(27)28-2/h4-5,8-9,12-13,16-17H,3,6-7,10-11H2,1-2H3. The molecule has 4 rings (SSSR count). The third-order valence-corrected chi connectivity index (χ3v) is 6.39. The maximum absolute atomic E-state index is 13.4. The van der Waals surface area contributed by atoms with Crippen molar-refractivity contribution in [2.45, 2.75) is 57.2 Å². The van der Waals surface area contributed by atoms with Crippen molar-refractivity contribution in [2.24, 2.45) is 5.92 Å². The summed E-state index contributed by atoms with van der Waals surface area (Å²) in [6.45, 7) is 1.56. The predicted octanol–water partition coefficient (Wildman–Crippen LogP) is 2.00. The Labute approximate surface area is 163 Å². The maximum Gasteiger partial charge on any atom is 0.328 e. The van der Waals surface area contributed by atoms with Crippen LogP contribution in [0, 0.1) is 5.92 Å². The second-order valence-corrected chi connectivity index (χ2v) is 7.83. The molecule has 148 valence electrons. The molecule has 0 aromatic heterocycles. The number of rotatable bonds is 3. The molecule has 4 unspecified atom stereocenters. The van der Waals surface area contributed by atoms with Crippen LogP contribution in [0.25, 0.3) is 0 Å². The van der Waals surface area contributed by atoms with Gasteiger partial charge in [0.15, 0.2) is 0 Å². The van der Waals surface area contributed by atoms with E-state index >= 15 is 0 Å². The first kappa shape index (κ1) is 18.7. The second-order valence-electron chi connectivity index (χ2n) is 7.83. The number of imide groups is 1. The van der Waals surface area contributed by atoms with E-state index in [0.717, 1.165) is 30.6 Å². The highest BCUT2D eigenvalue weighted by Crippen LogP contribution is 2.41. The van der Waals surface area contributed by atoms with Gasteiger partial charge in [0.05, 0.1) is 18.2 Å². The highest BCUT2D eigenvalue weighted by Gasteiger charge is 2.51. The van der Waals surface area contributed by atoms with Gasteiger partial charge in [-0.1, -0.05) is 25.0 Å². The Balaban J connectivity index is 1.63. The summed E-state index contributed by atoms with van der Waals surface area (Å²) < 4.78 is 4.94. The first-order valence-corrected chi connectivity index (χ1v) is 9.82. The summed E-state index contributed by atoms with van der Waals surface area (Å²) in [6.07, 6.45) is 4.48. The van der Waals surface area contributed by atoms with Gasteiger partial charge in [-0.3, -0.25) is 19.3 Å². The highest BCUT2D eigenvalue weighted by atomic mass is 16.5. The number of nitrogens with zero attached hydrogens (tertiary/aromatic N) is 2. The van der Waals surface area contributed by atoms with E-state index in [-0.39, 0.29) is 17.9 Å². The van der Waals surface area contributed by atoms with Crippen LogP contribution in [0.15, 0.2) is 24.3 Å². The highest BCUT2D eigenvalue weighted by molar-refractivity contribution is 6.22. The number of benzene rings is 1. The molecule has 2 aliphatic heterocycles. The third-order valence-electron chi connectivity index (χ3n) is 6.39. The summed E-state index contributed by atoms with van der Waals surface area (Å²) >= 11 is 0. The molecule has 0 N–H and O–H groups in total. The molecule has 2 fully saturated rings. The molecule has 0 bridgehead atoms. The van der Waals surface area contributed by atoms with E-state index in [4.69, 9.17) is 4.74 Å². The Kier molecular flexibility index (Phi) is 4.69. The zero-order valence-corrected chi connectivity index (χ0v) is 16.1. The molecule has 4 atom stereocenters. The molecule has 7 heteroatoms. The fraction of sp³-hybridized carbons (Fsp3) is 0.524. The number of likely N-dealkylation sites (tertiary alicyclic amines) is 1. The lowest BCUT2D eigenvalue weighted by Crippen LogP contribution is -2.55. The van der Waals surface area contributed by atoms with E-state index in [1.807, 2.05) is 0 Å². The minimum atomic E-state index is -0.972. The number of carbonyl (C=O) groups is 4. The molecule has 3 aliphatic rings. The minimum absolute atomic E-state index is 0.0389. The first-order valence-electron chi connectivity index (χ1n) is 9.82. The largest absolute Gasteiger partial charge is 0.467 e. The summed E-state index contributed by atoms with van der Waals surface area (Å²) in [7, 11) is 1.32. The van der Waals surface area contributed by atoms with Gasteiger partial charge in [-0.15, -0.1) is 0 Å². The first-order chi connectivity index (χ1) is 13.5. The molecule has 1 saturated heterocycles. The molecule has 28 heavy (non-hydrogen) atoms. The van der Waals surface area contributed by atoms with E-state index in [1.165, 1.54) is 7.11 Å². The third kappa shape index (κ3) is 2.72. The van der Waals surface area contributed by atoms with Gasteiger partial charge in [0, 0.05) is 6.04 Å². The fourth-order valence-electron chi connectivity index (χ4n) is 5.01. The van der Waals surface area contributed by atoms with E-state index in [9.17, 15) is 19.2 Å². The van der Waals surface area contributed by atoms with Crippen molar-refractivity contribution < 1.29 is 23.9 Å². The van der Waals surface area contributed by atoms with Crippen LogP contribution in [-0.4, -0.2) is 58.7 Å². The van der Waals surface area contributed by atoms with Crippen molar-refractivity contribution in [2.75, 3.05) is 7.11 Å². The molecule has 1 saturated carbocycles. The zero-order valence-electron chi connectivity index (χ0n) is 16.1. The minimum Gasteiger partial charge on any atom is -0.467 e. The van der Waals surface area contributed by atoms with E-state index in [2.05, 4.69) is 0 Å². The Morgan fingerprint density at radius 1 is 1.07 bits per heavy atom. The number of amides is 3. The number of carbonyl (C=O) groups excluding carboxylic acids is 4. The average Bonchev–Trinajstić information content (AvgIpc) is 3.22. The maximum atomic E-state index is 13.4. The SMILES string of the molecule is COC(=O)C1CC2CCCCC2N1C(=O)C(C)N1C(=O)c2ccccc2C1=O. The average molecular weight is 384 g/mol. The van der Waals surface area contributed by atoms with Crippen molar-refractivity contribution >= 4 is 23.7 Å². The van der Waals surface area contributed by atoms with Crippen LogP contribution in [0.2, 0.25) is 0 Å². The van der Waals surface area contributed by atoms with Crippen molar-refractivity contribution in [1.82, 2.24) is 9.80 Å². The van der Waals surface area contributed by atoms with Crippen molar-refractivity contribution in [1.29, 1.82) is 0 Å². The Bertz CT molecular complexity index is 816. The Morgan fingerprint density at radius 2 is 1.68 bits per heavy atom. The van der Waals surface area contributed by atoms with Crippen LogP contribution >= 0.6 is 0 Å². The normalized spacial score (nSPS) is 27.4. The molecule has 1 aromatic carbocycles. The van der Waals surface area contributed by atoms with E-state index in [0.29, 0.717) is 17.5 Å². The molecular weight excluding hydrogens is 360 g/mol. The molecule has 1 aromatic rings. The van der Waals surface area contributed by atoms with Gasteiger partial charge in [-0.2, -0.15) is 0 Å². The number of hydrogen-bond acceptors (Lipinski definition) is 5. The summed E-state index contributed by atoms with van der Waals surface area (Å²) in [5.41, 5.74) is 0.627. The lowest BCUT2D eigenvalue weighted by atomic mass is 9.84. The Morgan fingerprint density at radius 3 is 2.29 bits per heavy atom. The monoisotopic (exact) mass is 384 g/mol. The Hall–Kier alpha value is -2.70. The predicted molar refractivity (Wildman–Crippen MR) is 99.4 cm³/mol. The van der Waals surface area contributed by atoms with Crippen LogP contribution in [0.4, 0.5) is 0 Å². The van der Waals surface area contributed by atoms with Crippen LogP contribution in [-0.2, 0) is 14.3 Å². The van der Waals surface area contributed by atoms with E-state index in [1.54, 1.807) is 36.1 Å². The van der Waals surface area contributed by atoms with Gasteiger partial charge >= 0.3 is 5.97 Å². The van der Waals surface area contributed by atoms with Crippen molar-refractivity contribution in [3.63, 3.8) is 0 Å². The number of esters is 1. The molecule has 7 nitrogen and oxygen atoms in total.